The van der Waals surface area contributed by atoms with E-state index in [0.717, 1.165) is 48.8 Å². The maximum absolute atomic E-state index is 5.84. The first-order chi connectivity index (χ1) is 8.50. The lowest BCUT2D eigenvalue weighted by Crippen LogP contribution is -2.45. The van der Waals surface area contributed by atoms with Crippen LogP contribution in [0.2, 0.25) is 0 Å². The van der Waals surface area contributed by atoms with E-state index in [9.17, 15) is 0 Å². The number of likely N-dealkylation sites (N-methyl/N-ethyl adjacent to an activating group) is 1. The summed E-state index contributed by atoms with van der Waals surface area (Å²) in [7, 11) is 2.12. The Morgan fingerprint density at radius 3 is 2.33 bits per heavy atom. The van der Waals surface area contributed by atoms with Gasteiger partial charge in [-0.15, -0.1) is 5.10 Å². The van der Waals surface area contributed by atoms with Gasteiger partial charge in [-0.3, -0.25) is 0 Å². The van der Waals surface area contributed by atoms with Crippen LogP contribution in [0, 0.1) is 13.8 Å². The molecule has 1 fully saturated rings. The zero-order chi connectivity index (χ0) is 13.3. The molecule has 0 aromatic carbocycles. The topological polar surface area (TPSA) is 58.3 Å². The van der Waals surface area contributed by atoms with Crippen LogP contribution in [0.1, 0.15) is 16.8 Å². The molecule has 2 heterocycles. The number of thiocarbonyl (C=S) groups is 1. The number of aromatic nitrogens is 2. The quantitative estimate of drug-likeness (QED) is 0.785. The second-order valence-electron chi connectivity index (χ2n) is 4.76. The van der Waals surface area contributed by atoms with Crippen LogP contribution in [0.25, 0.3) is 0 Å². The van der Waals surface area contributed by atoms with Crippen LogP contribution in [-0.2, 0) is 0 Å². The van der Waals surface area contributed by atoms with Crippen molar-refractivity contribution in [3.05, 3.63) is 16.8 Å². The molecule has 1 aromatic heterocycles. The van der Waals surface area contributed by atoms with E-state index in [1.807, 2.05) is 13.8 Å². The maximum atomic E-state index is 5.84. The van der Waals surface area contributed by atoms with Gasteiger partial charge in [-0.25, -0.2) is 0 Å². The molecule has 1 aliphatic heterocycles. The Balaban J connectivity index is 2.38. The van der Waals surface area contributed by atoms with Gasteiger partial charge in [0.2, 0.25) is 0 Å². The molecule has 0 bridgehead atoms. The Bertz CT molecular complexity index is 466. The van der Waals surface area contributed by atoms with Crippen molar-refractivity contribution in [1.82, 2.24) is 15.1 Å². The summed E-state index contributed by atoms with van der Waals surface area (Å²) in [5, 5.41) is 8.49. The number of hydrogen-bond donors (Lipinski definition) is 1. The molecule has 0 unspecified atom stereocenters. The number of piperazine rings is 1. The summed E-state index contributed by atoms with van der Waals surface area (Å²) in [6.45, 7) is 7.83. The van der Waals surface area contributed by atoms with Crippen molar-refractivity contribution in [2.75, 3.05) is 38.1 Å². The Morgan fingerprint density at radius 2 is 1.78 bits per heavy atom. The standard InChI is InChI=1S/C12H19N5S/c1-8-9(2)14-15-12(10(8)11(13)18)17-6-4-16(3)5-7-17/h4-7H2,1-3H3,(H2,13,18). The second-order valence-corrected chi connectivity index (χ2v) is 5.20. The molecule has 0 atom stereocenters. The van der Waals surface area contributed by atoms with E-state index in [4.69, 9.17) is 18.0 Å². The van der Waals surface area contributed by atoms with Crippen LogP contribution in [0.15, 0.2) is 0 Å². The molecule has 2 N–H and O–H groups in total. The predicted octanol–water partition coefficient (Wildman–Crippen LogP) is 0.479. The number of nitrogens with two attached hydrogens (primary N) is 1. The van der Waals surface area contributed by atoms with Crippen molar-refractivity contribution in [2.24, 2.45) is 5.73 Å². The maximum Gasteiger partial charge on any atom is 0.161 e. The highest BCUT2D eigenvalue weighted by molar-refractivity contribution is 7.80. The first-order valence-corrected chi connectivity index (χ1v) is 6.48. The second kappa shape index (κ2) is 5.16. The largest absolute Gasteiger partial charge is 0.389 e. The number of aryl methyl sites for hydroxylation is 1. The third kappa shape index (κ3) is 2.44. The van der Waals surface area contributed by atoms with Gasteiger partial charge in [-0.05, 0) is 26.5 Å². The van der Waals surface area contributed by atoms with Crippen molar-refractivity contribution in [3.8, 4) is 0 Å². The van der Waals surface area contributed by atoms with Gasteiger partial charge >= 0.3 is 0 Å². The molecule has 2 rings (SSSR count). The number of rotatable bonds is 2. The van der Waals surface area contributed by atoms with Crippen LogP contribution < -0.4 is 10.6 Å². The summed E-state index contributed by atoms with van der Waals surface area (Å²) >= 11 is 5.16. The van der Waals surface area contributed by atoms with Gasteiger partial charge in [0.25, 0.3) is 0 Å². The van der Waals surface area contributed by atoms with Gasteiger partial charge in [-0.1, -0.05) is 12.2 Å². The van der Waals surface area contributed by atoms with E-state index in [1.165, 1.54) is 0 Å². The van der Waals surface area contributed by atoms with Gasteiger partial charge in [-0.2, -0.15) is 5.10 Å². The summed E-state index contributed by atoms with van der Waals surface area (Å²) in [5.74, 6) is 0.832. The lowest BCUT2D eigenvalue weighted by Gasteiger charge is -2.34. The van der Waals surface area contributed by atoms with Crippen molar-refractivity contribution < 1.29 is 0 Å². The van der Waals surface area contributed by atoms with Gasteiger partial charge in [0.15, 0.2) is 5.82 Å². The molecule has 1 aliphatic rings. The third-order valence-electron chi connectivity index (χ3n) is 3.49. The van der Waals surface area contributed by atoms with E-state index in [1.54, 1.807) is 0 Å². The van der Waals surface area contributed by atoms with Crippen LogP contribution in [0.3, 0.4) is 0 Å². The predicted molar refractivity (Wildman–Crippen MR) is 77.1 cm³/mol. The van der Waals surface area contributed by atoms with Crippen molar-refractivity contribution in [1.29, 1.82) is 0 Å². The average Bonchev–Trinajstić information content (AvgIpc) is 2.33. The van der Waals surface area contributed by atoms with E-state index in [0.29, 0.717) is 4.99 Å². The molecule has 0 saturated carbocycles. The highest BCUT2D eigenvalue weighted by Gasteiger charge is 2.22. The summed E-state index contributed by atoms with van der Waals surface area (Å²) in [6.07, 6.45) is 0. The van der Waals surface area contributed by atoms with Gasteiger partial charge in [0.1, 0.15) is 4.99 Å². The minimum atomic E-state index is 0.402. The molecular formula is C12H19N5S. The first-order valence-electron chi connectivity index (χ1n) is 6.08. The Hall–Kier alpha value is -1.27. The molecule has 5 nitrogen and oxygen atoms in total. The normalized spacial score (nSPS) is 16.9. The fourth-order valence-electron chi connectivity index (χ4n) is 2.13. The number of hydrogen-bond acceptors (Lipinski definition) is 5. The van der Waals surface area contributed by atoms with Gasteiger partial charge in [0, 0.05) is 26.2 Å². The van der Waals surface area contributed by atoms with E-state index in [-0.39, 0.29) is 0 Å². The fraction of sp³-hybridized carbons (Fsp3) is 0.583. The highest BCUT2D eigenvalue weighted by Crippen LogP contribution is 2.22. The summed E-state index contributed by atoms with van der Waals surface area (Å²) in [4.78, 5) is 4.92. The highest BCUT2D eigenvalue weighted by atomic mass is 32.1. The fourth-order valence-corrected chi connectivity index (χ4v) is 2.37. The minimum absolute atomic E-state index is 0.402. The minimum Gasteiger partial charge on any atom is -0.389 e. The van der Waals surface area contributed by atoms with E-state index >= 15 is 0 Å². The molecule has 1 aromatic rings. The van der Waals surface area contributed by atoms with E-state index < -0.39 is 0 Å². The molecule has 98 valence electrons. The zero-order valence-electron chi connectivity index (χ0n) is 11.1. The molecule has 0 aliphatic carbocycles. The summed E-state index contributed by atoms with van der Waals surface area (Å²) < 4.78 is 0. The first kappa shape index (κ1) is 13.2. The molecule has 0 amide bonds. The SMILES string of the molecule is Cc1nnc(N2CCN(C)CC2)c(C(N)=S)c1C. The smallest absolute Gasteiger partial charge is 0.161 e. The van der Waals surface area contributed by atoms with Crippen LogP contribution in [0.4, 0.5) is 5.82 Å². The number of anilines is 1. The van der Waals surface area contributed by atoms with Crippen LogP contribution in [0.5, 0.6) is 0 Å². The molecular weight excluding hydrogens is 246 g/mol. The zero-order valence-corrected chi connectivity index (χ0v) is 11.9. The summed E-state index contributed by atoms with van der Waals surface area (Å²) in [6, 6.07) is 0. The lowest BCUT2D eigenvalue weighted by molar-refractivity contribution is 0.311. The van der Waals surface area contributed by atoms with Crippen molar-refractivity contribution >= 4 is 23.0 Å². The molecule has 6 heteroatoms. The molecule has 1 saturated heterocycles. The Kier molecular flexibility index (Phi) is 3.77. The lowest BCUT2D eigenvalue weighted by atomic mass is 10.1. The van der Waals surface area contributed by atoms with E-state index in [2.05, 4.69) is 27.0 Å². The van der Waals surface area contributed by atoms with Gasteiger partial charge < -0.3 is 15.5 Å². The Labute approximate surface area is 113 Å². The third-order valence-corrected chi connectivity index (χ3v) is 3.69. The molecule has 18 heavy (non-hydrogen) atoms. The number of nitrogens with zero attached hydrogens (tertiary/aromatic N) is 4. The van der Waals surface area contributed by atoms with Gasteiger partial charge in [0.05, 0.1) is 11.3 Å². The van der Waals surface area contributed by atoms with Crippen LogP contribution in [-0.4, -0.2) is 53.3 Å². The van der Waals surface area contributed by atoms with Crippen molar-refractivity contribution in [3.63, 3.8) is 0 Å². The average molecular weight is 265 g/mol. The van der Waals surface area contributed by atoms with Crippen molar-refractivity contribution in [2.45, 2.75) is 13.8 Å². The van der Waals surface area contributed by atoms with Crippen LogP contribution >= 0.6 is 12.2 Å². The monoisotopic (exact) mass is 265 g/mol. The molecule has 0 spiro atoms. The molecule has 0 radical (unpaired) electrons. The summed E-state index contributed by atoms with van der Waals surface area (Å²) in [5.41, 5.74) is 8.64. The Morgan fingerprint density at radius 1 is 1.17 bits per heavy atom.